The first-order chi connectivity index (χ1) is 16.8. The molecule has 0 heterocycles. The lowest BCUT2D eigenvalue weighted by atomic mass is 9.86. The maximum atomic E-state index is 12.0. The van der Waals surface area contributed by atoms with E-state index in [-0.39, 0.29) is 49.2 Å². The fourth-order valence-corrected chi connectivity index (χ4v) is 3.94. The number of halogens is 1. The lowest BCUT2D eigenvalue weighted by Gasteiger charge is -2.24. The molecule has 0 aliphatic rings. The molecule has 0 fully saturated rings. The van der Waals surface area contributed by atoms with Gasteiger partial charge in [0, 0.05) is 12.6 Å². The number of benzene rings is 1. The van der Waals surface area contributed by atoms with E-state index in [9.17, 15) is 14.7 Å². The van der Waals surface area contributed by atoms with Gasteiger partial charge in [0.2, 0.25) is 0 Å². The summed E-state index contributed by atoms with van der Waals surface area (Å²) in [6.45, 7) is 5.62. The molecule has 0 saturated carbocycles. The summed E-state index contributed by atoms with van der Waals surface area (Å²) in [5.41, 5.74) is 7.85. The molecule has 7 nitrogen and oxygen atoms in total. The zero-order valence-electron chi connectivity index (χ0n) is 22.5. The van der Waals surface area contributed by atoms with Crippen molar-refractivity contribution in [1.82, 2.24) is 5.32 Å². The molecule has 3 unspecified atom stereocenters. The Balaban J connectivity index is 0.0000122. The van der Waals surface area contributed by atoms with E-state index in [1.165, 1.54) is 50.5 Å². The minimum Gasteiger partial charge on any atom is -0.463 e. The highest BCUT2D eigenvalue weighted by Gasteiger charge is 2.19. The summed E-state index contributed by atoms with van der Waals surface area (Å²) in [6, 6.07) is 10.4. The first-order valence-corrected chi connectivity index (χ1v) is 13.4. The van der Waals surface area contributed by atoms with Gasteiger partial charge in [0.05, 0.1) is 5.92 Å². The molecule has 0 aromatic heterocycles. The molecule has 1 rings (SSSR count). The number of hydrogen-bond acceptors (Lipinski definition) is 6. The molecule has 0 aliphatic carbocycles. The fraction of sp³-hybridized carbons (Fsp3) is 0.714. The molecule has 1 amide bonds. The van der Waals surface area contributed by atoms with Crippen molar-refractivity contribution in [2.75, 3.05) is 19.8 Å². The minimum atomic E-state index is -1.05. The Labute approximate surface area is 235 Å². The molecule has 1 aromatic carbocycles. The molecule has 1 aromatic rings. The number of rotatable bonds is 19. The Kier molecular flexibility index (Phi) is 20.8. The summed E-state index contributed by atoms with van der Waals surface area (Å²) in [5, 5.41) is 12.5. The number of alkyl carbamates (subject to hydrolysis) is 1. The first kappa shape index (κ1) is 34.6. The van der Waals surface area contributed by atoms with Crippen molar-refractivity contribution >= 4 is 36.0 Å². The van der Waals surface area contributed by atoms with E-state index < -0.39 is 18.2 Å². The van der Waals surface area contributed by atoms with Crippen LogP contribution in [0, 0.1) is 11.8 Å². The molecule has 3 atom stereocenters. The van der Waals surface area contributed by atoms with E-state index in [0.717, 1.165) is 12.8 Å². The highest BCUT2D eigenvalue weighted by molar-refractivity contribution is 14.0. The quantitative estimate of drug-likeness (QED) is 0.105. The summed E-state index contributed by atoms with van der Waals surface area (Å²) < 4.78 is 9.95. The van der Waals surface area contributed by atoms with Crippen LogP contribution in [-0.4, -0.2) is 49.1 Å². The number of aliphatic hydroxyl groups excluding tert-OH is 1. The van der Waals surface area contributed by atoms with Gasteiger partial charge in [0.15, 0.2) is 0 Å². The lowest BCUT2D eigenvalue weighted by molar-refractivity contribution is -0.150. The van der Waals surface area contributed by atoms with Gasteiger partial charge in [-0.05, 0) is 30.7 Å². The average molecular weight is 621 g/mol. The number of ether oxygens (including phenoxy) is 2. The van der Waals surface area contributed by atoms with E-state index >= 15 is 0 Å². The van der Waals surface area contributed by atoms with E-state index in [1.807, 2.05) is 6.07 Å². The highest BCUT2D eigenvalue weighted by atomic mass is 127. The zero-order chi connectivity index (χ0) is 25.9. The Morgan fingerprint density at radius 3 is 2.19 bits per heavy atom. The molecular formula is C28H49IN2O5. The van der Waals surface area contributed by atoms with Gasteiger partial charge in [-0.25, -0.2) is 4.79 Å². The van der Waals surface area contributed by atoms with Gasteiger partial charge < -0.3 is 25.6 Å². The molecule has 0 aliphatic heterocycles. The van der Waals surface area contributed by atoms with Crippen molar-refractivity contribution in [2.24, 2.45) is 17.6 Å². The summed E-state index contributed by atoms with van der Waals surface area (Å²) in [5.74, 6) is -0.320. The van der Waals surface area contributed by atoms with Gasteiger partial charge in [-0.1, -0.05) is 96.0 Å². The second-order valence-electron chi connectivity index (χ2n) is 9.78. The van der Waals surface area contributed by atoms with Gasteiger partial charge in [-0.3, -0.25) is 4.79 Å². The average Bonchev–Trinajstić information content (AvgIpc) is 2.85. The highest BCUT2D eigenvalue weighted by Crippen LogP contribution is 2.21. The lowest BCUT2D eigenvalue weighted by Crippen LogP contribution is -2.37. The predicted octanol–water partition coefficient (Wildman–Crippen LogP) is 5.61. The van der Waals surface area contributed by atoms with Crippen molar-refractivity contribution in [2.45, 2.75) is 97.1 Å². The minimum absolute atomic E-state index is 0. The van der Waals surface area contributed by atoms with E-state index in [2.05, 4.69) is 36.5 Å². The summed E-state index contributed by atoms with van der Waals surface area (Å²) in [6.07, 6.45) is 9.91. The van der Waals surface area contributed by atoms with Crippen LogP contribution in [0.3, 0.4) is 0 Å². The molecule has 0 spiro atoms. The number of hydrogen-bond donors (Lipinski definition) is 3. The number of carbonyl (C=O) groups is 2. The van der Waals surface area contributed by atoms with Crippen molar-refractivity contribution in [3.63, 3.8) is 0 Å². The summed E-state index contributed by atoms with van der Waals surface area (Å²) in [7, 11) is 0. The van der Waals surface area contributed by atoms with E-state index in [0.29, 0.717) is 18.9 Å². The second-order valence-corrected chi connectivity index (χ2v) is 9.78. The Hall–Kier alpha value is -1.39. The number of carbonyl (C=O) groups excluding carboxylic acids is 2. The van der Waals surface area contributed by atoms with Crippen LogP contribution in [0.1, 0.15) is 84.1 Å². The Bertz CT molecular complexity index is 690. The van der Waals surface area contributed by atoms with Gasteiger partial charge in [0.1, 0.15) is 19.3 Å². The third-order valence-corrected chi connectivity index (χ3v) is 6.17. The summed E-state index contributed by atoms with van der Waals surface area (Å²) in [4.78, 5) is 23.4. The molecule has 0 radical (unpaired) electrons. The largest absolute Gasteiger partial charge is 0.463 e. The van der Waals surface area contributed by atoms with Crippen molar-refractivity contribution in [3.8, 4) is 0 Å². The molecule has 0 saturated heterocycles. The fourth-order valence-electron chi connectivity index (χ4n) is 3.94. The molecule has 0 bridgehead atoms. The van der Waals surface area contributed by atoms with Crippen LogP contribution in [-0.2, 0) is 20.7 Å². The van der Waals surface area contributed by atoms with Crippen LogP contribution >= 0.6 is 24.0 Å². The number of aliphatic hydroxyl groups is 1. The SMILES string of the molecule is CCCCCCCCCC(Cc1ccccc1)C(N)CCNC(=O)OCC(O)COC(=O)C(C)C.I. The third kappa shape index (κ3) is 17.1. The monoisotopic (exact) mass is 620 g/mol. The maximum Gasteiger partial charge on any atom is 0.407 e. The van der Waals surface area contributed by atoms with Crippen molar-refractivity contribution in [1.29, 1.82) is 0 Å². The van der Waals surface area contributed by atoms with Crippen molar-refractivity contribution in [3.05, 3.63) is 35.9 Å². The van der Waals surface area contributed by atoms with E-state index in [1.54, 1.807) is 13.8 Å². The zero-order valence-corrected chi connectivity index (χ0v) is 24.8. The Morgan fingerprint density at radius 2 is 1.56 bits per heavy atom. The third-order valence-electron chi connectivity index (χ3n) is 6.17. The van der Waals surface area contributed by atoms with Gasteiger partial charge in [-0.2, -0.15) is 0 Å². The maximum absolute atomic E-state index is 12.0. The molecule has 4 N–H and O–H groups in total. The second kappa shape index (κ2) is 21.7. The van der Waals surface area contributed by atoms with Crippen LogP contribution < -0.4 is 11.1 Å². The number of esters is 1. The standard InChI is InChI=1S/C28H48N2O5.HI/c1-4-5-6-7-8-9-13-16-24(19-23-14-11-10-12-15-23)26(29)17-18-30-28(33)35-21-25(31)20-34-27(32)22(2)3;/h10-12,14-15,22,24-26,31H,4-9,13,16-21,29H2,1-3H3,(H,30,33);1H. The van der Waals surface area contributed by atoms with Crippen LogP contribution in [0.2, 0.25) is 0 Å². The number of nitrogens with two attached hydrogens (primary N) is 1. The number of nitrogens with one attached hydrogen (secondary N) is 1. The Morgan fingerprint density at radius 1 is 0.944 bits per heavy atom. The molecule has 8 heteroatoms. The van der Waals surface area contributed by atoms with E-state index in [4.69, 9.17) is 15.2 Å². The molecule has 208 valence electrons. The van der Waals surface area contributed by atoms with Gasteiger partial charge >= 0.3 is 12.1 Å². The van der Waals surface area contributed by atoms with Crippen molar-refractivity contribution < 1.29 is 24.2 Å². The number of unbranched alkanes of at least 4 members (excludes halogenated alkanes) is 6. The van der Waals surface area contributed by atoms with Gasteiger partial charge in [0.25, 0.3) is 0 Å². The topological polar surface area (TPSA) is 111 Å². The van der Waals surface area contributed by atoms with Crippen LogP contribution in [0.15, 0.2) is 30.3 Å². The van der Waals surface area contributed by atoms with Gasteiger partial charge in [-0.15, -0.1) is 24.0 Å². The van der Waals surface area contributed by atoms with Crippen LogP contribution in [0.4, 0.5) is 4.79 Å². The first-order valence-electron chi connectivity index (χ1n) is 13.4. The normalized spacial score (nSPS) is 13.4. The van der Waals surface area contributed by atoms with Crippen LogP contribution in [0.5, 0.6) is 0 Å². The molecule has 36 heavy (non-hydrogen) atoms. The summed E-state index contributed by atoms with van der Waals surface area (Å²) >= 11 is 0. The molecular weight excluding hydrogens is 571 g/mol. The number of amides is 1. The smallest absolute Gasteiger partial charge is 0.407 e. The van der Waals surface area contributed by atoms with Crippen LogP contribution in [0.25, 0.3) is 0 Å². The predicted molar refractivity (Wildman–Crippen MR) is 155 cm³/mol.